The minimum absolute atomic E-state index is 0.0268. The van der Waals surface area contributed by atoms with E-state index >= 15 is 0 Å². The van der Waals surface area contributed by atoms with E-state index in [-0.39, 0.29) is 18.0 Å². The summed E-state index contributed by atoms with van der Waals surface area (Å²) in [6, 6.07) is 13.4. The van der Waals surface area contributed by atoms with Gasteiger partial charge in [-0.05, 0) is 53.3 Å². The van der Waals surface area contributed by atoms with Crippen LogP contribution < -0.4 is 5.32 Å². The lowest BCUT2D eigenvalue weighted by molar-refractivity contribution is -0.141. The van der Waals surface area contributed by atoms with E-state index in [2.05, 4.69) is 5.32 Å². The Morgan fingerprint density at radius 1 is 0.939 bits per heavy atom. The number of carboxylic acid groups (broad SMARTS) is 1. The quantitative estimate of drug-likeness (QED) is 0.355. The molecule has 0 bridgehead atoms. The molecule has 174 valence electrons. The molecule has 0 saturated heterocycles. The number of hydrogen-bond donors (Lipinski definition) is 2. The molecule has 1 unspecified atom stereocenters. The van der Waals surface area contributed by atoms with Gasteiger partial charge >= 0.3 is 12.1 Å². The highest BCUT2D eigenvalue weighted by atomic mass is 19.4. The van der Waals surface area contributed by atoms with Crippen LogP contribution in [0.2, 0.25) is 0 Å². The van der Waals surface area contributed by atoms with Crippen LogP contribution in [0.15, 0.2) is 60.7 Å². The number of aliphatic carboxylic acids is 1. The molecule has 33 heavy (non-hydrogen) atoms. The van der Waals surface area contributed by atoms with Crippen molar-refractivity contribution in [3.8, 4) is 11.1 Å². The zero-order chi connectivity index (χ0) is 24.3. The molecule has 0 aromatic heterocycles. The van der Waals surface area contributed by atoms with Gasteiger partial charge in [0.25, 0.3) is 0 Å². The fourth-order valence-electron chi connectivity index (χ4n) is 3.72. The van der Waals surface area contributed by atoms with Gasteiger partial charge in [0.15, 0.2) is 0 Å². The standard InChI is InChI=1S/C25H22F5NO2/c1-14(2)10-19(24(32)33)18-11-16(15-6-4-3-5-7-15)12-22(23(18)25(28,29)30)31-21-9-8-17(26)13-20(21)27/h3-9,11-14,19,31H,10H2,1-2H3,(H,32,33). The second-order valence-electron chi connectivity index (χ2n) is 8.12. The van der Waals surface area contributed by atoms with Crippen LogP contribution in [0, 0.1) is 17.6 Å². The molecule has 0 fully saturated rings. The Balaban J connectivity index is 2.32. The minimum atomic E-state index is -4.94. The Hall–Kier alpha value is -3.42. The number of rotatable bonds is 7. The van der Waals surface area contributed by atoms with Crippen molar-refractivity contribution in [3.63, 3.8) is 0 Å². The molecule has 3 nitrogen and oxygen atoms in total. The van der Waals surface area contributed by atoms with Crippen LogP contribution in [0.5, 0.6) is 0 Å². The van der Waals surface area contributed by atoms with Crippen molar-refractivity contribution in [2.75, 3.05) is 5.32 Å². The van der Waals surface area contributed by atoms with Gasteiger partial charge in [0.1, 0.15) is 11.6 Å². The smallest absolute Gasteiger partial charge is 0.418 e. The predicted octanol–water partition coefficient (Wildman–Crippen LogP) is 7.61. The van der Waals surface area contributed by atoms with E-state index in [0.717, 1.165) is 12.1 Å². The van der Waals surface area contributed by atoms with E-state index in [4.69, 9.17) is 0 Å². The molecule has 3 aromatic rings. The van der Waals surface area contributed by atoms with Crippen LogP contribution in [0.4, 0.5) is 33.3 Å². The summed E-state index contributed by atoms with van der Waals surface area (Å²) >= 11 is 0. The van der Waals surface area contributed by atoms with Crippen LogP contribution in [-0.2, 0) is 11.0 Å². The number of halogens is 5. The average molecular weight is 463 g/mol. The van der Waals surface area contributed by atoms with E-state index in [0.29, 0.717) is 17.2 Å². The maximum atomic E-state index is 14.3. The minimum Gasteiger partial charge on any atom is -0.481 e. The monoisotopic (exact) mass is 463 g/mol. The SMILES string of the molecule is CC(C)CC(C(=O)O)c1cc(-c2ccccc2)cc(Nc2ccc(F)cc2F)c1C(F)(F)F. The molecule has 0 saturated carbocycles. The van der Waals surface area contributed by atoms with Crippen LogP contribution >= 0.6 is 0 Å². The van der Waals surface area contributed by atoms with E-state index in [1.165, 1.54) is 12.1 Å². The first-order valence-electron chi connectivity index (χ1n) is 10.2. The van der Waals surface area contributed by atoms with E-state index < -0.39 is 46.5 Å². The lowest BCUT2D eigenvalue weighted by Crippen LogP contribution is -2.21. The third-order valence-electron chi connectivity index (χ3n) is 5.14. The molecule has 2 N–H and O–H groups in total. The fraction of sp³-hybridized carbons (Fsp3) is 0.240. The summed E-state index contributed by atoms with van der Waals surface area (Å²) in [5, 5.41) is 12.2. The van der Waals surface area contributed by atoms with Gasteiger partial charge in [-0.15, -0.1) is 0 Å². The summed E-state index contributed by atoms with van der Waals surface area (Å²) < 4.78 is 70.4. The predicted molar refractivity (Wildman–Crippen MR) is 116 cm³/mol. The van der Waals surface area contributed by atoms with Crippen molar-refractivity contribution in [3.05, 3.63) is 83.4 Å². The molecule has 3 aromatic carbocycles. The van der Waals surface area contributed by atoms with Gasteiger partial charge in [-0.25, -0.2) is 8.78 Å². The number of carboxylic acids is 1. The number of nitrogens with one attached hydrogen (secondary N) is 1. The van der Waals surface area contributed by atoms with Crippen LogP contribution in [0.25, 0.3) is 11.1 Å². The zero-order valence-electron chi connectivity index (χ0n) is 17.9. The van der Waals surface area contributed by atoms with Gasteiger partial charge in [0, 0.05) is 6.07 Å². The number of hydrogen-bond acceptors (Lipinski definition) is 2. The highest BCUT2D eigenvalue weighted by Gasteiger charge is 2.40. The summed E-state index contributed by atoms with van der Waals surface area (Å²) in [5.41, 5.74) is -1.61. The van der Waals surface area contributed by atoms with Crippen molar-refractivity contribution in [2.45, 2.75) is 32.4 Å². The van der Waals surface area contributed by atoms with Crippen molar-refractivity contribution in [2.24, 2.45) is 5.92 Å². The number of anilines is 2. The highest BCUT2D eigenvalue weighted by Crippen LogP contribution is 2.45. The Morgan fingerprint density at radius 2 is 1.61 bits per heavy atom. The highest BCUT2D eigenvalue weighted by molar-refractivity contribution is 5.82. The summed E-state index contributed by atoms with van der Waals surface area (Å²) in [5.74, 6) is -4.98. The average Bonchev–Trinajstić information content (AvgIpc) is 2.73. The molecule has 0 heterocycles. The Bertz CT molecular complexity index is 1140. The summed E-state index contributed by atoms with van der Waals surface area (Å²) in [6.45, 7) is 3.44. The van der Waals surface area contributed by atoms with Gasteiger partial charge < -0.3 is 10.4 Å². The van der Waals surface area contributed by atoms with Gasteiger partial charge in [-0.3, -0.25) is 4.79 Å². The number of alkyl halides is 3. The van der Waals surface area contributed by atoms with Crippen LogP contribution in [-0.4, -0.2) is 11.1 Å². The lowest BCUT2D eigenvalue weighted by Gasteiger charge is -2.25. The molecule has 1 atom stereocenters. The first kappa shape index (κ1) is 24.2. The summed E-state index contributed by atoms with van der Waals surface area (Å²) in [7, 11) is 0. The van der Waals surface area contributed by atoms with E-state index in [9.17, 15) is 31.9 Å². The van der Waals surface area contributed by atoms with Gasteiger partial charge in [-0.1, -0.05) is 44.2 Å². The molecule has 8 heteroatoms. The molecule has 0 radical (unpaired) electrons. The van der Waals surface area contributed by atoms with E-state index in [1.807, 2.05) is 0 Å². The van der Waals surface area contributed by atoms with Crippen molar-refractivity contribution < 1.29 is 31.9 Å². The van der Waals surface area contributed by atoms with Crippen LogP contribution in [0.3, 0.4) is 0 Å². The topological polar surface area (TPSA) is 49.3 Å². The number of carbonyl (C=O) groups is 1. The van der Waals surface area contributed by atoms with Gasteiger partial charge in [0.2, 0.25) is 0 Å². The normalized spacial score (nSPS) is 12.6. The molecule has 0 aliphatic heterocycles. The first-order chi connectivity index (χ1) is 15.5. The second-order valence-corrected chi connectivity index (χ2v) is 8.12. The molecule has 0 amide bonds. The lowest BCUT2D eigenvalue weighted by atomic mass is 9.84. The summed E-state index contributed by atoms with van der Waals surface area (Å²) in [6.07, 6.45) is -4.96. The summed E-state index contributed by atoms with van der Waals surface area (Å²) in [4.78, 5) is 12.0. The van der Waals surface area contributed by atoms with Crippen molar-refractivity contribution in [1.29, 1.82) is 0 Å². The maximum Gasteiger partial charge on any atom is 0.418 e. The first-order valence-corrected chi connectivity index (χ1v) is 10.2. The van der Waals surface area contributed by atoms with Gasteiger partial charge in [0.05, 0.1) is 22.9 Å². The molecule has 0 aliphatic rings. The molecule has 3 rings (SSSR count). The Kier molecular flexibility index (Phi) is 7.05. The largest absolute Gasteiger partial charge is 0.481 e. The Labute approximate surface area is 187 Å². The van der Waals surface area contributed by atoms with Crippen molar-refractivity contribution in [1.82, 2.24) is 0 Å². The number of benzene rings is 3. The van der Waals surface area contributed by atoms with Crippen LogP contribution in [0.1, 0.15) is 37.3 Å². The Morgan fingerprint density at radius 3 is 2.15 bits per heavy atom. The zero-order valence-corrected chi connectivity index (χ0v) is 17.9. The third kappa shape index (κ3) is 5.69. The maximum absolute atomic E-state index is 14.3. The molecular formula is C25H22F5NO2. The van der Waals surface area contributed by atoms with E-state index in [1.54, 1.807) is 44.2 Å². The van der Waals surface area contributed by atoms with Crippen molar-refractivity contribution >= 4 is 17.3 Å². The van der Waals surface area contributed by atoms with Gasteiger partial charge in [-0.2, -0.15) is 13.2 Å². The second kappa shape index (κ2) is 9.60. The molecular weight excluding hydrogens is 441 g/mol. The third-order valence-corrected chi connectivity index (χ3v) is 5.14. The molecule has 0 spiro atoms. The molecule has 0 aliphatic carbocycles. The fourth-order valence-corrected chi connectivity index (χ4v) is 3.72.